The lowest BCUT2D eigenvalue weighted by molar-refractivity contribution is -0.120. The Kier molecular flexibility index (Phi) is 4.99. The van der Waals surface area contributed by atoms with Crippen molar-refractivity contribution >= 4 is 44.2 Å². The Morgan fingerprint density at radius 1 is 1.42 bits per heavy atom. The first-order valence-electron chi connectivity index (χ1n) is 6.25. The first-order chi connectivity index (χ1) is 9.19. The van der Waals surface area contributed by atoms with Gasteiger partial charge < -0.3 is 10.6 Å². The van der Waals surface area contributed by atoms with Crippen molar-refractivity contribution in [3.63, 3.8) is 0 Å². The Morgan fingerprint density at radius 2 is 2.26 bits per heavy atom. The van der Waals surface area contributed by atoms with Crippen LogP contribution in [0.1, 0.15) is 19.8 Å². The molecule has 1 amide bonds. The molecule has 2 aromatic rings. The van der Waals surface area contributed by atoms with Gasteiger partial charge >= 0.3 is 0 Å². The zero-order chi connectivity index (χ0) is 13.7. The molecule has 4 nitrogen and oxygen atoms in total. The third kappa shape index (κ3) is 4.08. The van der Waals surface area contributed by atoms with Crippen molar-refractivity contribution in [2.75, 3.05) is 18.4 Å². The smallest absolute Gasteiger partial charge is 0.221 e. The standard InChI is InChI=1S/C13H16ClN3OS/c1-2-6-15-12(18)5-7-16-13-17-10-8-9(14)3-4-11(10)19-13/h3-4,8H,2,5-7H2,1H3,(H,15,18)(H,16,17). The Labute approximate surface area is 121 Å². The van der Waals surface area contributed by atoms with Crippen molar-refractivity contribution in [3.8, 4) is 0 Å². The van der Waals surface area contributed by atoms with Crippen molar-refractivity contribution in [1.29, 1.82) is 0 Å². The fourth-order valence-corrected chi connectivity index (χ4v) is 2.65. The number of benzene rings is 1. The first kappa shape index (κ1) is 14.1. The lowest BCUT2D eigenvalue weighted by Gasteiger charge is -2.03. The summed E-state index contributed by atoms with van der Waals surface area (Å²) < 4.78 is 1.09. The number of fused-ring (bicyclic) bond motifs is 1. The summed E-state index contributed by atoms with van der Waals surface area (Å²) >= 11 is 7.48. The zero-order valence-corrected chi connectivity index (χ0v) is 12.3. The fourth-order valence-electron chi connectivity index (χ4n) is 1.61. The van der Waals surface area contributed by atoms with Gasteiger partial charge in [-0.2, -0.15) is 0 Å². The maximum absolute atomic E-state index is 11.4. The van der Waals surface area contributed by atoms with Crippen LogP contribution in [0.3, 0.4) is 0 Å². The Morgan fingerprint density at radius 3 is 3.05 bits per heavy atom. The molecular formula is C13H16ClN3OS. The maximum Gasteiger partial charge on any atom is 0.221 e. The average molecular weight is 298 g/mol. The van der Waals surface area contributed by atoms with Crippen molar-refractivity contribution < 1.29 is 4.79 Å². The van der Waals surface area contributed by atoms with E-state index in [2.05, 4.69) is 15.6 Å². The van der Waals surface area contributed by atoms with Crippen LogP contribution >= 0.6 is 22.9 Å². The van der Waals surface area contributed by atoms with Crippen molar-refractivity contribution in [2.45, 2.75) is 19.8 Å². The first-order valence-corrected chi connectivity index (χ1v) is 7.45. The SMILES string of the molecule is CCCNC(=O)CCNc1nc2cc(Cl)ccc2s1. The van der Waals surface area contributed by atoms with Gasteiger partial charge in [0.2, 0.25) is 5.91 Å². The number of halogens is 1. The van der Waals surface area contributed by atoms with E-state index < -0.39 is 0 Å². The molecular weight excluding hydrogens is 282 g/mol. The third-order valence-corrected chi connectivity index (χ3v) is 3.78. The van der Waals surface area contributed by atoms with Crippen LogP contribution in [0.15, 0.2) is 18.2 Å². The summed E-state index contributed by atoms with van der Waals surface area (Å²) in [6.07, 6.45) is 1.41. The molecule has 1 aromatic heterocycles. The minimum absolute atomic E-state index is 0.0681. The molecule has 0 spiro atoms. The number of aromatic nitrogens is 1. The molecule has 2 N–H and O–H groups in total. The van der Waals surface area contributed by atoms with Crippen LogP contribution in [-0.4, -0.2) is 24.0 Å². The van der Waals surface area contributed by atoms with E-state index in [4.69, 9.17) is 11.6 Å². The molecule has 2 rings (SSSR count). The Hall–Kier alpha value is -1.33. The Bertz CT molecular complexity index is 570. The van der Waals surface area contributed by atoms with Crippen LogP contribution in [0, 0.1) is 0 Å². The highest BCUT2D eigenvalue weighted by atomic mass is 35.5. The summed E-state index contributed by atoms with van der Waals surface area (Å²) in [7, 11) is 0. The van der Waals surface area contributed by atoms with E-state index in [0.29, 0.717) is 18.0 Å². The average Bonchev–Trinajstić information content (AvgIpc) is 2.78. The fraction of sp³-hybridized carbons (Fsp3) is 0.385. The molecule has 0 aliphatic rings. The van der Waals surface area contributed by atoms with Crippen LogP contribution in [0.5, 0.6) is 0 Å². The second kappa shape index (κ2) is 6.73. The summed E-state index contributed by atoms with van der Waals surface area (Å²) in [4.78, 5) is 15.8. The van der Waals surface area contributed by atoms with Crippen LogP contribution in [-0.2, 0) is 4.79 Å². The molecule has 0 bridgehead atoms. The number of amides is 1. The number of hydrogen-bond donors (Lipinski definition) is 2. The number of thiazole rings is 1. The van der Waals surface area contributed by atoms with Crippen molar-refractivity contribution in [1.82, 2.24) is 10.3 Å². The molecule has 1 aromatic carbocycles. The summed E-state index contributed by atoms with van der Waals surface area (Å²) in [5.74, 6) is 0.0681. The minimum Gasteiger partial charge on any atom is -0.361 e. The zero-order valence-electron chi connectivity index (χ0n) is 10.7. The lowest BCUT2D eigenvalue weighted by atomic mass is 10.3. The van der Waals surface area contributed by atoms with Gasteiger partial charge in [0, 0.05) is 24.5 Å². The molecule has 0 radical (unpaired) electrons. The van der Waals surface area contributed by atoms with Gasteiger partial charge in [-0.15, -0.1) is 0 Å². The number of carbonyl (C=O) groups is 1. The van der Waals surface area contributed by atoms with E-state index in [-0.39, 0.29) is 5.91 Å². The van der Waals surface area contributed by atoms with Gasteiger partial charge in [-0.05, 0) is 24.6 Å². The number of hydrogen-bond acceptors (Lipinski definition) is 4. The van der Waals surface area contributed by atoms with E-state index in [1.807, 2.05) is 25.1 Å². The third-order valence-electron chi connectivity index (χ3n) is 2.55. The normalized spacial score (nSPS) is 10.6. The van der Waals surface area contributed by atoms with Gasteiger partial charge in [0.25, 0.3) is 0 Å². The molecule has 0 saturated heterocycles. The summed E-state index contributed by atoms with van der Waals surface area (Å²) in [5.41, 5.74) is 0.885. The predicted molar refractivity (Wildman–Crippen MR) is 81.0 cm³/mol. The number of anilines is 1. The second-order valence-corrected chi connectivity index (χ2v) is 5.62. The Balaban J connectivity index is 1.86. The molecule has 0 atom stereocenters. The number of nitrogens with zero attached hydrogens (tertiary/aromatic N) is 1. The van der Waals surface area contributed by atoms with E-state index >= 15 is 0 Å². The van der Waals surface area contributed by atoms with Crippen LogP contribution in [0.2, 0.25) is 5.02 Å². The van der Waals surface area contributed by atoms with Gasteiger partial charge in [0.05, 0.1) is 10.2 Å². The summed E-state index contributed by atoms with van der Waals surface area (Å²) in [5, 5.41) is 7.51. The summed E-state index contributed by atoms with van der Waals surface area (Å²) in [6.45, 7) is 3.35. The molecule has 6 heteroatoms. The topological polar surface area (TPSA) is 54.0 Å². The second-order valence-electron chi connectivity index (χ2n) is 4.16. The van der Waals surface area contributed by atoms with E-state index in [1.165, 1.54) is 0 Å². The van der Waals surface area contributed by atoms with Gasteiger partial charge in [-0.3, -0.25) is 4.79 Å². The monoisotopic (exact) mass is 297 g/mol. The molecule has 0 aliphatic heterocycles. The van der Waals surface area contributed by atoms with Crippen LogP contribution < -0.4 is 10.6 Å². The molecule has 0 aliphatic carbocycles. The highest BCUT2D eigenvalue weighted by Gasteiger charge is 2.05. The van der Waals surface area contributed by atoms with Gasteiger partial charge in [-0.1, -0.05) is 29.9 Å². The van der Waals surface area contributed by atoms with E-state index in [1.54, 1.807) is 11.3 Å². The highest BCUT2D eigenvalue weighted by molar-refractivity contribution is 7.22. The minimum atomic E-state index is 0.0681. The van der Waals surface area contributed by atoms with E-state index in [9.17, 15) is 4.79 Å². The van der Waals surface area contributed by atoms with Gasteiger partial charge in [0.15, 0.2) is 5.13 Å². The van der Waals surface area contributed by atoms with Gasteiger partial charge in [0.1, 0.15) is 0 Å². The van der Waals surface area contributed by atoms with Crippen molar-refractivity contribution in [3.05, 3.63) is 23.2 Å². The lowest BCUT2D eigenvalue weighted by Crippen LogP contribution is -2.25. The van der Waals surface area contributed by atoms with Gasteiger partial charge in [-0.25, -0.2) is 4.98 Å². The van der Waals surface area contributed by atoms with Crippen molar-refractivity contribution in [2.24, 2.45) is 0 Å². The number of carbonyl (C=O) groups excluding carboxylic acids is 1. The quantitative estimate of drug-likeness (QED) is 0.860. The number of nitrogens with one attached hydrogen (secondary N) is 2. The maximum atomic E-state index is 11.4. The predicted octanol–water partition coefficient (Wildman–Crippen LogP) is 3.28. The highest BCUT2D eigenvalue weighted by Crippen LogP contribution is 2.27. The molecule has 19 heavy (non-hydrogen) atoms. The molecule has 1 heterocycles. The van der Waals surface area contributed by atoms with Crippen LogP contribution in [0.4, 0.5) is 5.13 Å². The molecule has 0 unspecified atom stereocenters. The summed E-state index contributed by atoms with van der Waals surface area (Å²) in [6, 6.07) is 5.64. The largest absolute Gasteiger partial charge is 0.361 e. The molecule has 0 saturated carbocycles. The van der Waals surface area contributed by atoms with E-state index in [0.717, 1.165) is 28.3 Å². The molecule has 102 valence electrons. The molecule has 0 fully saturated rings. The van der Waals surface area contributed by atoms with Crippen LogP contribution in [0.25, 0.3) is 10.2 Å². The number of rotatable bonds is 6.